The minimum absolute atomic E-state index is 0.209. The van der Waals surface area contributed by atoms with Crippen molar-refractivity contribution in [1.29, 1.82) is 0 Å². The van der Waals surface area contributed by atoms with Crippen molar-refractivity contribution in [2.24, 2.45) is 5.92 Å². The van der Waals surface area contributed by atoms with Crippen LogP contribution in [0.1, 0.15) is 77.7 Å². The number of aromatic amines is 1. The molecular formula is C29H44BrN5O4. The number of carboxylic acids is 1. The maximum atomic E-state index is 13.7. The molecule has 5 N–H and O–H groups in total. The van der Waals surface area contributed by atoms with Gasteiger partial charge in [0.05, 0.1) is 4.60 Å². The number of carboxylic acid groups (broad SMARTS) is 1. The molecule has 39 heavy (non-hydrogen) atoms. The Bertz CT molecular complexity index is 1100. The number of benzene rings is 1. The summed E-state index contributed by atoms with van der Waals surface area (Å²) in [6.45, 7) is 7.88. The number of aromatic nitrogens is 1. The predicted octanol–water partition coefficient (Wildman–Crippen LogP) is 4.51. The first-order chi connectivity index (χ1) is 18.7. The van der Waals surface area contributed by atoms with Crippen LogP contribution in [0.15, 0.2) is 28.9 Å². The Hall–Kier alpha value is -2.43. The number of aliphatic carboxylic acids is 1. The van der Waals surface area contributed by atoms with Crippen LogP contribution >= 0.6 is 15.9 Å². The molecule has 0 aliphatic carbocycles. The second-order valence-electron chi connectivity index (χ2n) is 11.0. The molecular weight excluding hydrogens is 562 g/mol. The van der Waals surface area contributed by atoms with Crippen LogP contribution in [0.5, 0.6) is 0 Å². The van der Waals surface area contributed by atoms with Crippen molar-refractivity contribution in [3.05, 3.63) is 34.4 Å². The first kappa shape index (κ1) is 31.1. The molecule has 1 fully saturated rings. The van der Waals surface area contributed by atoms with Crippen LogP contribution in [0.2, 0.25) is 0 Å². The van der Waals surface area contributed by atoms with E-state index in [0.29, 0.717) is 19.3 Å². The van der Waals surface area contributed by atoms with Gasteiger partial charge in [0.15, 0.2) is 0 Å². The van der Waals surface area contributed by atoms with Crippen LogP contribution in [-0.2, 0) is 20.8 Å². The van der Waals surface area contributed by atoms with Crippen molar-refractivity contribution in [3.63, 3.8) is 0 Å². The van der Waals surface area contributed by atoms with Gasteiger partial charge in [-0.2, -0.15) is 0 Å². The average Bonchev–Trinajstić information content (AvgIpc) is 3.03. The fourth-order valence-corrected chi connectivity index (χ4v) is 5.69. The van der Waals surface area contributed by atoms with E-state index < -0.39 is 30.0 Å². The standard InChI is InChI=1S/C29H44BrN5O4/c1-4-5-13-23(29(38)39)32-27(36)24(18-21-20-12-8-9-14-22(20)31-26(21)30)33-28(37)25(17-19(2)3)34-35-15-10-6-7-11-16-35/h8-9,12,14,19,23-25,31,34H,4-7,10-11,13,15-18H2,1-3H3,(H,32,36)(H,33,37)(H,38,39)/t23-,24-,25+/m1/s1. The Morgan fingerprint density at radius 1 is 1.00 bits per heavy atom. The molecule has 10 heteroatoms. The van der Waals surface area contributed by atoms with Gasteiger partial charge in [-0.15, -0.1) is 0 Å². The highest BCUT2D eigenvalue weighted by Gasteiger charge is 2.31. The number of hydrogen-bond acceptors (Lipinski definition) is 5. The maximum absolute atomic E-state index is 13.7. The van der Waals surface area contributed by atoms with E-state index in [-0.39, 0.29) is 18.2 Å². The van der Waals surface area contributed by atoms with Gasteiger partial charge in [-0.1, -0.05) is 64.7 Å². The first-order valence-corrected chi connectivity index (χ1v) is 15.1. The third-order valence-electron chi connectivity index (χ3n) is 7.23. The molecule has 1 aromatic carbocycles. The monoisotopic (exact) mass is 605 g/mol. The number of amides is 2. The van der Waals surface area contributed by atoms with Gasteiger partial charge in [-0.05, 0) is 59.2 Å². The van der Waals surface area contributed by atoms with E-state index in [4.69, 9.17) is 0 Å². The Labute approximate surface area is 240 Å². The Balaban J connectivity index is 1.85. The van der Waals surface area contributed by atoms with Crippen LogP contribution in [0.25, 0.3) is 10.9 Å². The summed E-state index contributed by atoms with van der Waals surface area (Å²) in [4.78, 5) is 42.4. The average molecular weight is 607 g/mol. The lowest BCUT2D eigenvalue weighted by Crippen LogP contribution is -2.58. The number of hydrazine groups is 1. The topological polar surface area (TPSA) is 127 Å². The summed E-state index contributed by atoms with van der Waals surface area (Å²) >= 11 is 3.58. The molecule has 0 radical (unpaired) electrons. The number of para-hydroxylation sites is 1. The zero-order valence-electron chi connectivity index (χ0n) is 23.4. The fraction of sp³-hybridized carbons (Fsp3) is 0.621. The molecule has 1 aliphatic rings. The summed E-state index contributed by atoms with van der Waals surface area (Å²) in [5.41, 5.74) is 5.21. The minimum atomic E-state index is -1.07. The molecule has 2 heterocycles. The quantitative estimate of drug-likeness (QED) is 0.216. The predicted molar refractivity (Wildman–Crippen MR) is 157 cm³/mol. The SMILES string of the molecule is CCCC[C@@H](NC(=O)[C@@H](Cc1c(Br)[nH]c2ccccc12)NC(=O)[C@H](CC(C)C)NN1CCCCCC1)C(=O)O. The van der Waals surface area contributed by atoms with Crippen LogP contribution < -0.4 is 16.1 Å². The summed E-state index contributed by atoms with van der Waals surface area (Å²) in [6.07, 6.45) is 7.19. The smallest absolute Gasteiger partial charge is 0.326 e. The van der Waals surface area contributed by atoms with Crippen molar-refractivity contribution < 1.29 is 19.5 Å². The number of halogens is 1. The van der Waals surface area contributed by atoms with Gasteiger partial charge in [0.1, 0.15) is 18.1 Å². The minimum Gasteiger partial charge on any atom is -0.480 e. The lowest BCUT2D eigenvalue weighted by atomic mass is 10.0. The number of hydrogen-bond donors (Lipinski definition) is 5. The van der Waals surface area contributed by atoms with Crippen LogP contribution in [0, 0.1) is 5.92 Å². The molecule has 3 rings (SSSR count). The Kier molecular flexibility index (Phi) is 12.3. The summed E-state index contributed by atoms with van der Waals surface area (Å²) in [6, 6.07) is 5.31. The molecule has 0 unspecified atom stereocenters. The third kappa shape index (κ3) is 9.32. The highest BCUT2D eigenvalue weighted by atomic mass is 79.9. The summed E-state index contributed by atoms with van der Waals surface area (Å²) in [5.74, 6) is -1.57. The van der Waals surface area contributed by atoms with Crippen molar-refractivity contribution in [2.75, 3.05) is 13.1 Å². The lowest BCUT2D eigenvalue weighted by Gasteiger charge is -2.30. The van der Waals surface area contributed by atoms with E-state index in [1.165, 1.54) is 12.8 Å². The molecule has 0 spiro atoms. The molecule has 1 saturated heterocycles. The second-order valence-corrected chi connectivity index (χ2v) is 11.8. The number of nitrogens with zero attached hydrogens (tertiary/aromatic N) is 1. The number of unbranched alkanes of at least 4 members (excludes halogenated alkanes) is 1. The molecule has 9 nitrogen and oxygen atoms in total. The maximum Gasteiger partial charge on any atom is 0.326 e. The highest BCUT2D eigenvalue weighted by molar-refractivity contribution is 9.10. The van der Waals surface area contributed by atoms with E-state index in [1.807, 2.05) is 31.2 Å². The first-order valence-electron chi connectivity index (χ1n) is 14.3. The van der Waals surface area contributed by atoms with E-state index in [1.54, 1.807) is 0 Å². The van der Waals surface area contributed by atoms with Crippen molar-refractivity contribution >= 4 is 44.6 Å². The van der Waals surface area contributed by atoms with Gasteiger partial charge in [0.25, 0.3) is 0 Å². The largest absolute Gasteiger partial charge is 0.480 e. The zero-order chi connectivity index (χ0) is 28.4. The summed E-state index contributed by atoms with van der Waals surface area (Å²) in [5, 5.41) is 18.5. The van der Waals surface area contributed by atoms with E-state index >= 15 is 0 Å². The van der Waals surface area contributed by atoms with Gasteiger partial charge in [-0.25, -0.2) is 15.2 Å². The number of carbonyl (C=O) groups excluding carboxylic acids is 2. The van der Waals surface area contributed by atoms with Crippen molar-refractivity contribution in [3.8, 4) is 0 Å². The molecule has 216 valence electrons. The number of carbonyl (C=O) groups is 3. The molecule has 3 atom stereocenters. The van der Waals surface area contributed by atoms with Crippen molar-refractivity contribution in [2.45, 2.75) is 96.7 Å². The summed E-state index contributed by atoms with van der Waals surface area (Å²) < 4.78 is 0.734. The van der Waals surface area contributed by atoms with E-state index in [0.717, 1.165) is 53.4 Å². The number of nitrogens with one attached hydrogen (secondary N) is 4. The van der Waals surface area contributed by atoms with Gasteiger partial charge in [-0.3, -0.25) is 9.59 Å². The molecule has 0 bridgehead atoms. The van der Waals surface area contributed by atoms with Gasteiger partial charge in [0.2, 0.25) is 11.8 Å². The number of rotatable bonds is 14. The number of H-pyrrole nitrogens is 1. The van der Waals surface area contributed by atoms with Gasteiger partial charge >= 0.3 is 5.97 Å². The lowest BCUT2D eigenvalue weighted by molar-refractivity contribution is -0.142. The normalized spacial score (nSPS) is 16.9. The van der Waals surface area contributed by atoms with Crippen molar-refractivity contribution in [1.82, 2.24) is 26.1 Å². The summed E-state index contributed by atoms with van der Waals surface area (Å²) in [7, 11) is 0. The van der Waals surface area contributed by atoms with Crippen LogP contribution in [0.4, 0.5) is 0 Å². The Morgan fingerprint density at radius 2 is 1.64 bits per heavy atom. The van der Waals surface area contributed by atoms with Crippen LogP contribution in [-0.4, -0.2) is 64.1 Å². The van der Waals surface area contributed by atoms with E-state index in [9.17, 15) is 19.5 Å². The molecule has 2 amide bonds. The van der Waals surface area contributed by atoms with Gasteiger partial charge in [0, 0.05) is 30.4 Å². The highest BCUT2D eigenvalue weighted by Crippen LogP contribution is 2.27. The van der Waals surface area contributed by atoms with Gasteiger partial charge < -0.3 is 20.7 Å². The molecule has 2 aromatic rings. The zero-order valence-corrected chi connectivity index (χ0v) is 25.0. The Morgan fingerprint density at radius 3 is 2.28 bits per heavy atom. The number of fused-ring (bicyclic) bond motifs is 1. The fourth-order valence-electron chi connectivity index (χ4n) is 5.10. The van der Waals surface area contributed by atoms with E-state index in [2.05, 4.69) is 55.8 Å². The van der Waals surface area contributed by atoms with Crippen LogP contribution in [0.3, 0.4) is 0 Å². The molecule has 0 saturated carbocycles. The molecule has 1 aliphatic heterocycles. The second kappa shape index (κ2) is 15.4. The third-order valence-corrected chi connectivity index (χ3v) is 7.91. The molecule has 1 aromatic heterocycles.